The molecule has 0 fully saturated rings. The molecule has 9 heteroatoms. The molecule has 0 nitrogen and oxygen atoms in total. The van der Waals surface area contributed by atoms with E-state index in [-0.39, 0.29) is 9.28 Å². The van der Waals surface area contributed by atoms with Crippen molar-refractivity contribution in [3.8, 4) is 0 Å². The first kappa shape index (κ1) is 17.2. The SMILES string of the molecule is C[Si](C)(C)/C(I)=C\C(F)(F)C(F)(F)C(F)(F)F. The van der Waals surface area contributed by atoms with Gasteiger partial charge in [0.05, 0.1) is 8.07 Å². The van der Waals surface area contributed by atoms with E-state index in [0.717, 1.165) is 0 Å². The molecule has 0 amide bonds. The smallest absolute Gasteiger partial charge is 0.195 e. The van der Waals surface area contributed by atoms with Crippen molar-refractivity contribution in [1.29, 1.82) is 0 Å². The molecule has 0 aromatic rings. The van der Waals surface area contributed by atoms with Crippen molar-refractivity contribution < 1.29 is 30.7 Å². The van der Waals surface area contributed by atoms with Crippen LogP contribution in [0.2, 0.25) is 19.6 Å². The van der Waals surface area contributed by atoms with Crippen LogP contribution in [0.4, 0.5) is 30.7 Å². The molecule has 0 saturated carbocycles. The maximum Gasteiger partial charge on any atom is 0.460 e. The van der Waals surface area contributed by atoms with Gasteiger partial charge in [-0.1, -0.05) is 42.2 Å². The minimum atomic E-state index is -6.27. The van der Waals surface area contributed by atoms with Crippen LogP contribution in [-0.2, 0) is 0 Å². The maximum atomic E-state index is 12.9. The van der Waals surface area contributed by atoms with Crippen LogP contribution in [-0.4, -0.2) is 26.1 Å². The molecule has 0 radical (unpaired) electrons. The third kappa shape index (κ3) is 3.83. The molecule has 0 rings (SSSR count). The second-order valence-corrected chi connectivity index (χ2v) is 11.7. The zero-order valence-corrected chi connectivity index (χ0v) is 12.3. The molecule has 0 aliphatic rings. The molecule has 0 saturated heterocycles. The van der Waals surface area contributed by atoms with Crippen molar-refractivity contribution >= 4 is 30.7 Å². The van der Waals surface area contributed by atoms with Crippen molar-refractivity contribution in [3.63, 3.8) is 0 Å². The summed E-state index contributed by atoms with van der Waals surface area (Å²) in [6, 6.07) is 0. The molecule has 0 aliphatic heterocycles. The van der Waals surface area contributed by atoms with Gasteiger partial charge in [0, 0.05) is 0 Å². The Kier molecular flexibility index (Phi) is 4.76. The van der Waals surface area contributed by atoms with Gasteiger partial charge < -0.3 is 0 Å². The average molecular weight is 394 g/mol. The zero-order chi connectivity index (χ0) is 14.3. The minimum absolute atomic E-state index is 0.135. The van der Waals surface area contributed by atoms with Crippen LogP contribution in [0.3, 0.4) is 0 Å². The Balaban J connectivity index is 5.45. The summed E-state index contributed by atoms with van der Waals surface area (Å²) in [6.07, 6.45) is -6.55. The highest BCUT2D eigenvalue weighted by Crippen LogP contribution is 2.48. The van der Waals surface area contributed by atoms with E-state index in [0.29, 0.717) is 0 Å². The molecule has 0 spiro atoms. The Hall–Kier alpha value is 0.197. The van der Waals surface area contributed by atoms with Gasteiger partial charge >= 0.3 is 18.0 Å². The van der Waals surface area contributed by atoms with Crippen molar-refractivity contribution in [2.45, 2.75) is 37.7 Å². The monoisotopic (exact) mass is 394 g/mol. The van der Waals surface area contributed by atoms with Gasteiger partial charge in [-0.05, 0) is 9.28 Å². The van der Waals surface area contributed by atoms with E-state index in [1.54, 1.807) is 19.6 Å². The summed E-state index contributed by atoms with van der Waals surface area (Å²) in [4.78, 5) is 0. The summed E-state index contributed by atoms with van der Waals surface area (Å²) in [7, 11) is -2.34. The van der Waals surface area contributed by atoms with Gasteiger partial charge in [-0.2, -0.15) is 30.7 Å². The van der Waals surface area contributed by atoms with Gasteiger partial charge in [0.25, 0.3) is 0 Å². The summed E-state index contributed by atoms with van der Waals surface area (Å²) in [5.74, 6) is -11.3. The molecule has 0 N–H and O–H groups in total. The first-order valence-corrected chi connectivity index (χ1v) is 8.92. The predicted octanol–water partition coefficient (Wildman–Crippen LogP) is 5.02. The molecule has 0 aliphatic carbocycles. The lowest BCUT2D eigenvalue weighted by Crippen LogP contribution is -2.51. The van der Waals surface area contributed by atoms with E-state index in [4.69, 9.17) is 0 Å². The Morgan fingerprint density at radius 2 is 1.29 bits per heavy atom. The molecule has 0 aromatic carbocycles. The number of allylic oxidation sites excluding steroid dienone is 1. The Labute approximate surface area is 108 Å². The van der Waals surface area contributed by atoms with Crippen LogP contribution in [0.15, 0.2) is 9.28 Å². The van der Waals surface area contributed by atoms with E-state index in [1.165, 1.54) is 22.6 Å². The molecule has 0 atom stereocenters. The van der Waals surface area contributed by atoms with Crippen LogP contribution in [0.1, 0.15) is 0 Å². The van der Waals surface area contributed by atoms with Crippen LogP contribution in [0.25, 0.3) is 0 Å². The van der Waals surface area contributed by atoms with E-state index in [9.17, 15) is 30.7 Å². The first-order chi connectivity index (χ1) is 7.13. The summed E-state index contributed by atoms with van der Waals surface area (Å²) in [5.41, 5.74) is 0. The second kappa shape index (κ2) is 4.70. The number of rotatable bonds is 3. The lowest BCUT2D eigenvalue weighted by Gasteiger charge is -2.27. The van der Waals surface area contributed by atoms with E-state index >= 15 is 0 Å². The standard InChI is InChI=1S/C8H10F7ISi/c1-17(2,3)5(16)4-6(9,10)7(11,12)8(13,14)15/h4H,1-3H3/b5-4-. The molecular formula is C8H10F7ISi. The highest BCUT2D eigenvalue weighted by atomic mass is 127. The molecular weight excluding hydrogens is 384 g/mol. The minimum Gasteiger partial charge on any atom is -0.195 e. The fourth-order valence-electron chi connectivity index (χ4n) is 0.655. The molecule has 102 valence electrons. The predicted molar refractivity (Wildman–Crippen MR) is 61.4 cm³/mol. The first-order valence-electron chi connectivity index (χ1n) is 4.34. The fourth-order valence-corrected chi connectivity index (χ4v) is 1.66. The number of hydrogen-bond donors (Lipinski definition) is 0. The zero-order valence-electron chi connectivity index (χ0n) is 9.10. The third-order valence-corrected chi connectivity index (χ3v) is 8.54. The second-order valence-electron chi connectivity index (χ2n) is 4.44. The topological polar surface area (TPSA) is 0 Å². The molecule has 0 aromatic heterocycles. The van der Waals surface area contributed by atoms with Gasteiger partial charge in [0.15, 0.2) is 0 Å². The van der Waals surface area contributed by atoms with Gasteiger partial charge in [0.2, 0.25) is 0 Å². The Bertz CT molecular complexity index is 313. The molecule has 0 bridgehead atoms. The maximum absolute atomic E-state index is 12.9. The summed E-state index contributed by atoms with van der Waals surface area (Å²) < 4.78 is 86.3. The normalized spacial score (nSPS) is 16.3. The van der Waals surface area contributed by atoms with Gasteiger partial charge in [0.1, 0.15) is 0 Å². The lowest BCUT2D eigenvalue weighted by molar-refractivity contribution is -0.341. The number of hydrogen-bond acceptors (Lipinski definition) is 0. The van der Waals surface area contributed by atoms with Crippen molar-refractivity contribution in [2.75, 3.05) is 0 Å². The van der Waals surface area contributed by atoms with Crippen LogP contribution in [0.5, 0.6) is 0 Å². The molecule has 17 heavy (non-hydrogen) atoms. The highest BCUT2D eigenvalue weighted by Gasteiger charge is 2.72. The largest absolute Gasteiger partial charge is 0.460 e. The summed E-state index contributed by atoms with van der Waals surface area (Å²) in [5, 5.41) is 0. The Morgan fingerprint density at radius 1 is 0.941 bits per heavy atom. The van der Waals surface area contributed by atoms with Crippen LogP contribution in [0, 0.1) is 0 Å². The van der Waals surface area contributed by atoms with Crippen molar-refractivity contribution in [1.82, 2.24) is 0 Å². The average Bonchev–Trinajstić information content (AvgIpc) is 1.98. The quantitative estimate of drug-likeness (QED) is 0.359. The molecule has 0 unspecified atom stereocenters. The molecule has 0 heterocycles. The Morgan fingerprint density at radius 3 is 1.53 bits per heavy atom. The van der Waals surface area contributed by atoms with Crippen molar-refractivity contribution in [2.24, 2.45) is 0 Å². The van der Waals surface area contributed by atoms with Gasteiger partial charge in [-0.25, -0.2) is 0 Å². The third-order valence-electron chi connectivity index (χ3n) is 1.80. The number of alkyl halides is 7. The van der Waals surface area contributed by atoms with Crippen LogP contribution < -0.4 is 0 Å². The van der Waals surface area contributed by atoms with E-state index in [2.05, 4.69) is 0 Å². The number of halogens is 8. The van der Waals surface area contributed by atoms with Crippen LogP contribution >= 0.6 is 22.6 Å². The fraction of sp³-hybridized carbons (Fsp3) is 0.750. The highest BCUT2D eigenvalue weighted by molar-refractivity contribution is 14.1. The summed E-state index contributed by atoms with van der Waals surface area (Å²) >= 11 is 1.38. The van der Waals surface area contributed by atoms with E-state index < -0.39 is 26.1 Å². The lowest BCUT2D eigenvalue weighted by atomic mass is 10.1. The summed E-state index contributed by atoms with van der Waals surface area (Å²) in [6.45, 7) is 4.69. The van der Waals surface area contributed by atoms with Gasteiger partial charge in [-0.3, -0.25) is 0 Å². The van der Waals surface area contributed by atoms with Gasteiger partial charge in [-0.15, -0.1) is 0 Å². The van der Waals surface area contributed by atoms with E-state index in [1.807, 2.05) is 0 Å². The van der Waals surface area contributed by atoms with Crippen molar-refractivity contribution in [3.05, 3.63) is 9.28 Å².